The second-order valence-electron chi connectivity index (χ2n) is 6.49. The molecule has 156 valence electrons. The summed E-state index contributed by atoms with van der Waals surface area (Å²) < 4.78 is 15.6. The lowest BCUT2D eigenvalue weighted by Gasteiger charge is -2.19. The zero-order chi connectivity index (χ0) is 21.6. The van der Waals surface area contributed by atoms with Crippen molar-refractivity contribution in [2.45, 2.75) is 13.5 Å². The Bertz CT molecular complexity index is 900. The molecule has 0 fully saturated rings. The van der Waals surface area contributed by atoms with E-state index in [4.69, 9.17) is 14.2 Å². The lowest BCUT2D eigenvalue weighted by Crippen LogP contribution is -2.30. The summed E-state index contributed by atoms with van der Waals surface area (Å²) in [4.78, 5) is 24.9. The summed E-state index contributed by atoms with van der Waals surface area (Å²) in [6.07, 6.45) is 0. The lowest BCUT2D eigenvalue weighted by atomic mass is 10.1. The zero-order valence-corrected chi connectivity index (χ0v) is 17.1. The van der Waals surface area contributed by atoms with Crippen LogP contribution in [0.25, 0.3) is 0 Å². The average molecular weight is 403 g/mol. The molecule has 0 aliphatic heterocycles. The second kappa shape index (κ2) is 9.74. The highest BCUT2D eigenvalue weighted by Crippen LogP contribution is 2.32. The fraction of sp³-hybridized carbons (Fsp3) is 0.350. The standard InChI is InChI=1S/C20H25N3O6/c1-13-8-17(23(25)26)19(29-5)10-16(13)21-20(24)12-22(2)11-14-6-7-15(27-3)9-18(14)28-4/h6-10H,11-12H2,1-5H3,(H,21,24). The second-order valence-corrected chi connectivity index (χ2v) is 6.49. The van der Waals surface area contributed by atoms with E-state index >= 15 is 0 Å². The molecular weight excluding hydrogens is 378 g/mol. The first-order chi connectivity index (χ1) is 13.8. The molecule has 1 N–H and O–H groups in total. The molecule has 0 bridgehead atoms. The van der Waals surface area contributed by atoms with Crippen LogP contribution in [0.3, 0.4) is 0 Å². The van der Waals surface area contributed by atoms with Crippen molar-refractivity contribution >= 4 is 17.3 Å². The number of aryl methyl sites for hydroxylation is 1. The van der Waals surface area contributed by atoms with E-state index in [1.165, 1.54) is 19.2 Å². The van der Waals surface area contributed by atoms with Crippen LogP contribution in [0, 0.1) is 17.0 Å². The van der Waals surface area contributed by atoms with Crippen molar-refractivity contribution in [1.29, 1.82) is 0 Å². The van der Waals surface area contributed by atoms with Gasteiger partial charge in [0.05, 0.1) is 32.8 Å². The van der Waals surface area contributed by atoms with E-state index in [9.17, 15) is 14.9 Å². The van der Waals surface area contributed by atoms with E-state index in [-0.39, 0.29) is 23.9 Å². The molecule has 0 unspecified atom stereocenters. The highest BCUT2D eigenvalue weighted by Gasteiger charge is 2.19. The maximum absolute atomic E-state index is 12.5. The van der Waals surface area contributed by atoms with E-state index < -0.39 is 4.92 Å². The van der Waals surface area contributed by atoms with Gasteiger partial charge >= 0.3 is 5.69 Å². The van der Waals surface area contributed by atoms with Gasteiger partial charge in [-0.15, -0.1) is 0 Å². The maximum Gasteiger partial charge on any atom is 0.311 e. The summed E-state index contributed by atoms with van der Waals surface area (Å²) in [6.45, 7) is 2.30. The monoisotopic (exact) mass is 403 g/mol. The molecule has 9 nitrogen and oxygen atoms in total. The van der Waals surface area contributed by atoms with Crippen LogP contribution in [0.2, 0.25) is 0 Å². The Labute approximate surface area is 169 Å². The molecule has 0 saturated heterocycles. The predicted octanol–water partition coefficient (Wildman–Crippen LogP) is 3.00. The largest absolute Gasteiger partial charge is 0.497 e. The molecule has 1 amide bonds. The number of carbonyl (C=O) groups excluding carboxylic acids is 1. The van der Waals surface area contributed by atoms with Crippen LogP contribution in [-0.2, 0) is 11.3 Å². The van der Waals surface area contributed by atoms with Crippen molar-refractivity contribution in [1.82, 2.24) is 4.90 Å². The van der Waals surface area contributed by atoms with Gasteiger partial charge in [0.1, 0.15) is 11.5 Å². The summed E-state index contributed by atoms with van der Waals surface area (Å²) in [5.41, 5.74) is 1.81. The number of rotatable bonds is 9. The number of methoxy groups -OCH3 is 3. The highest BCUT2D eigenvalue weighted by molar-refractivity contribution is 5.93. The van der Waals surface area contributed by atoms with Crippen LogP contribution in [0.1, 0.15) is 11.1 Å². The summed E-state index contributed by atoms with van der Waals surface area (Å²) in [7, 11) is 6.32. The van der Waals surface area contributed by atoms with Gasteiger partial charge in [0.2, 0.25) is 5.91 Å². The molecule has 0 saturated carbocycles. The Morgan fingerprint density at radius 2 is 1.79 bits per heavy atom. The molecule has 29 heavy (non-hydrogen) atoms. The molecule has 0 radical (unpaired) electrons. The number of hydrogen-bond donors (Lipinski definition) is 1. The van der Waals surface area contributed by atoms with Gasteiger partial charge in [-0.05, 0) is 25.6 Å². The van der Waals surface area contributed by atoms with Crippen LogP contribution in [0.5, 0.6) is 17.2 Å². The van der Waals surface area contributed by atoms with Gasteiger partial charge in [0.15, 0.2) is 5.75 Å². The number of nitro benzene ring substituents is 1. The molecule has 0 spiro atoms. The first-order valence-corrected chi connectivity index (χ1v) is 8.81. The van der Waals surface area contributed by atoms with Gasteiger partial charge in [-0.2, -0.15) is 0 Å². The normalized spacial score (nSPS) is 10.6. The van der Waals surface area contributed by atoms with Gasteiger partial charge < -0.3 is 19.5 Å². The smallest absolute Gasteiger partial charge is 0.311 e. The average Bonchev–Trinajstić information content (AvgIpc) is 2.69. The predicted molar refractivity (Wildman–Crippen MR) is 109 cm³/mol. The van der Waals surface area contributed by atoms with Gasteiger partial charge in [-0.25, -0.2) is 0 Å². The topological polar surface area (TPSA) is 103 Å². The Kier molecular flexibility index (Phi) is 7.38. The first kappa shape index (κ1) is 22.0. The number of hydrogen-bond acceptors (Lipinski definition) is 7. The summed E-state index contributed by atoms with van der Waals surface area (Å²) in [6, 6.07) is 8.34. The lowest BCUT2D eigenvalue weighted by molar-refractivity contribution is -0.385. The highest BCUT2D eigenvalue weighted by atomic mass is 16.6. The number of nitro groups is 1. The number of amides is 1. The number of nitrogens with one attached hydrogen (secondary N) is 1. The minimum atomic E-state index is -0.520. The maximum atomic E-state index is 12.5. The van der Waals surface area contributed by atoms with E-state index in [1.54, 1.807) is 27.2 Å². The van der Waals surface area contributed by atoms with Gasteiger partial charge in [0.25, 0.3) is 0 Å². The Morgan fingerprint density at radius 3 is 2.38 bits per heavy atom. The minimum Gasteiger partial charge on any atom is -0.497 e. The van der Waals surface area contributed by atoms with E-state index in [0.717, 1.165) is 5.56 Å². The minimum absolute atomic E-state index is 0.0900. The SMILES string of the molecule is COc1ccc(CN(C)CC(=O)Nc2cc(OC)c([N+](=O)[O-])cc2C)c(OC)c1. The molecule has 0 aromatic heterocycles. The van der Waals surface area contributed by atoms with Crippen molar-refractivity contribution < 1.29 is 23.9 Å². The van der Waals surface area contributed by atoms with Gasteiger partial charge in [-0.1, -0.05) is 6.07 Å². The number of carbonyl (C=O) groups is 1. The number of anilines is 1. The molecular formula is C20H25N3O6. The molecule has 9 heteroatoms. The number of likely N-dealkylation sites (N-methyl/N-ethyl adjacent to an activating group) is 1. The third kappa shape index (κ3) is 5.58. The van der Waals surface area contributed by atoms with Crippen LogP contribution in [-0.4, -0.2) is 50.7 Å². The van der Waals surface area contributed by atoms with E-state index in [1.807, 2.05) is 24.1 Å². The molecule has 0 atom stereocenters. The van der Waals surface area contributed by atoms with Gasteiger partial charge in [-0.3, -0.25) is 19.8 Å². The molecule has 2 aromatic rings. The summed E-state index contributed by atoms with van der Waals surface area (Å²) in [5, 5.41) is 13.9. The van der Waals surface area contributed by atoms with Crippen molar-refractivity contribution in [3.8, 4) is 17.2 Å². The summed E-state index contributed by atoms with van der Waals surface area (Å²) in [5.74, 6) is 1.20. The van der Waals surface area contributed by atoms with Crippen molar-refractivity contribution in [2.75, 3.05) is 40.2 Å². The van der Waals surface area contributed by atoms with Gasteiger partial charge in [0, 0.05) is 36.0 Å². The molecule has 0 heterocycles. The molecule has 2 rings (SSSR count). The van der Waals surface area contributed by atoms with Crippen LogP contribution in [0.4, 0.5) is 11.4 Å². The number of benzene rings is 2. The van der Waals surface area contributed by atoms with Crippen LogP contribution < -0.4 is 19.5 Å². The van der Waals surface area contributed by atoms with Crippen LogP contribution in [0.15, 0.2) is 30.3 Å². The Morgan fingerprint density at radius 1 is 1.10 bits per heavy atom. The first-order valence-electron chi connectivity index (χ1n) is 8.81. The van der Waals surface area contributed by atoms with E-state index in [2.05, 4.69) is 5.32 Å². The van der Waals surface area contributed by atoms with Crippen LogP contribution >= 0.6 is 0 Å². The van der Waals surface area contributed by atoms with E-state index in [0.29, 0.717) is 29.3 Å². The Hall–Kier alpha value is -3.33. The third-order valence-electron chi connectivity index (χ3n) is 4.34. The third-order valence-corrected chi connectivity index (χ3v) is 4.34. The Balaban J connectivity index is 2.07. The number of ether oxygens (including phenoxy) is 3. The molecule has 2 aromatic carbocycles. The fourth-order valence-corrected chi connectivity index (χ4v) is 2.88. The zero-order valence-electron chi connectivity index (χ0n) is 17.1. The summed E-state index contributed by atoms with van der Waals surface area (Å²) >= 11 is 0. The van der Waals surface area contributed by atoms with Crippen molar-refractivity contribution in [2.24, 2.45) is 0 Å². The number of nitrogens with zero attached hydrogens (tertiary/aromatic N) is 2. The fourth-order valence-electron chi connectivity index (χ4n) is 2.88. The van der Waals surface area contributed by atoms with Crippen molar-refractivity contribution in [3.05, 3.63) is 51.6 Å². The van der Waals surface area contributed by atoms with Crippen molar-refractivity contribution in [3.63, 3.8) is 0 Å². The molecule has 0 aliphatic rings. The molecule has 0 aliphatic carbocycles. The quantitative estimate of drug-likeness (QED) is 0.507.